The van der Waals surface area contributed by atoms with E-state index in [2.05, 4.69) is 17.2 Å². The van der Waals surface area contributed by atoms with Crippen LogP contribution in [0.3, 0.4) is 0 Å². The van der Waals surface area contributed by atoms with Crippen LogP contribution in [0.5, 0.6) is 0 Å². The highest BCUT2D eigenvalue weighted by atomic mass is 16.1. The summed E-state index contributed by atoms with van der Waals surface area (Å²) in [6.07, 6.45) is 3.71. The van der Waals surface area contributed by atoms with Gasteiger partial charge >= 0.3 is 0 Å². The number of hydrogen-bond donors (Lipinski definition) is 2. The zero-order valence-electron chi connectivity index (χ0n) is 12.3. The maximum Gasteiger partial charge on any atom is 0.214 e. The first-order valence-electron chi connectivity index (χ1n) is 6.96. The van der Waals surface area contributed by atoms with Crippen molar-refractivity contribution in [2.24, 2.45) is 12.8 Å². The van der Waals surface area contributed by atoms with Crippen LogP contribution in [-0.4, -0.2) is 22.1 Å². The van der Waals surface area contributed by atoms with Crippen LogP contribution in [0.4, 0.5) is 5.69 Å². The summed E-state index contributed by atoms with van der Waals surface area (Å²) in [4.78, 5) is 16.9. The molecule has 0 saturated carbocycles. The first-order valence-corrected chi connectivity index (χ1v) is 6.96. The number of aryl methyl sites for hydroxylation is 2. The molecule has 5 nitrogen and oxygen atoms in total. The number of anilines is 1. The molecule has 0 aromatic carbocycles. The fraction of sp³-hybridized carbons (Fsp3) is 0.467. The molecule has 5 heteroatoms. The fourth-order valence-corrected chi connectivity index (χ4v) is 2.31. The van der Waals surface area contributed by atoms with Crippen molar-refractivity contribution in [1.29, 1.82) is 0 Å². The Morgan fingerprint density at radius 2 is 2.20 bits per heavy atom. The minimum Gasteiger partial charge on any atom is -0.378 e. The highest BCUT2D eigenvalue weighted by Crippen LogP contribution is 2.13. The number of aromatic nitrogens is 2. The van der Waals surface area contributed by atoms with Crippen LogP contribution in [0.15, 0.2) is 23.1 Å². The Bertz CT molecular complexity index is 663. The Hall–Kier alpha value is -1.88. The number of nitrogens with two attached hydrogens (primary N) is 1. The second-order valence-electron chi connectivity index (χ2n) is 5.28. The van der Waals surface area contributed by atoms with E-state index in [-0.39, 0.29) is 11.5 Å². The second-order valence-corrected chi connectivity index (χ2v) is 5.28. The standard InChI is InChI=1S/C15H22N4O/c1-10(5-4-8-16)17-13-9-19(3)15-12(14(13)20)7-6-11(2)18-15/h6-7,9-10,17H,4-5,8,16H2,1-3H3. The van der Waals surface area contributed by atoms with E-state index < -0.39 is 0 Å². The van der Waals surface area contributed by atoms with Crippen molar-refractivity contribution in [3.8, 4) is 0 Å². The molecule has 0 fully saturated rings. The van der Waals surface area contributed by atoms with Gasteiger partial charge in [0.05, 0.1) is 11.1 Å². The molecule has 0 spiro atoms. The smallest absolute Gasteiger partial charge is 0.214 e. The van der Waals surface area contributed by atoms with Gasteiger partial charge in [-0.3, -0.25) is 4.79 Å². The van der Waals surface area contributed by atoms with E-state index in [1.165, 1.54) is 0 Å². The van der Waals surface area contributed by atoms with E-state index in [0.29, 0.717) is 17.6 Å². The Labute approximate surface area is 118 Å². The van der Waals surface area contributed by atoms with E-state index >= 15 is 0 Å². The lowest BCUT2D eigenvalue weighted by Crippen LogP contribution is -2.23. The number of hydrogen-bond acceptors (Lipinski definition) is 4. The number of pyridine rings is 2. The lowest BCUT2D eigenvalue weighted by atomic mass is 10.1. The first-order chi connectivity index (χ1) is 9.52. The molecule has 108 valence electrons. The van der Waals surface area contributed by atoms with Crippen LogP contribution in [-0.2, 0) is 7.05 Å². The second kappa shape index (κ2) is 6.05. The quantitative estimate of drug-likeness (QED) is 0.871. The van der Waals surface area contributed by atoms with Gasteiger partial charge < -0.3 is 15.6 Å². The number of fused-ring (bicyclic) bond motifs is 1. The van der Waals surface area contributed by atoms with Crippen LogP contribution in [0.25, 0.3) is 11.0 Å². The third-order valence-corrected chi connectivity index (χ3v) is 3.40. The predicted molar refractivity (Wildman–Crippen MR) is 83.1 cm³/mol. The van der Waals surface area contributed by atoms with E-state index in [4.69, 9.17) is 5.73 Å². The van der Waals surface area contributed by atoms with Crippen molar-refractivity contribution in [3.63, 3.8) is 0 Å². The summed E-state index contributed by atoms with van der Waals surface area (Å²) in [6, 6.07) is 3.93. The molecule has 0 radical (unpaired) electrons. The van der Waals surface area contributed by atoms with Crippen molar-refractivity contribution in [2.75, 3.05) is 11.9 Å². The van der Waals surface area contributed by atoms with Crippen molar-refractivity contribution in [3.05, 3.63) is 34.2 Å². The molecule has 3 N–H and O–H groups in total. The largest absolute Gasteiger partial charge is 0.378 e. The highest BCUT2D eigenvalue weighted by molar-refractivity contribution is 5.78. The third-order valence-electron chi connectivity index (χ3n) is 3.40. The molecule has 0 saturated heterocycles. The number of nitrogens with one attached hydrogen (secondary N) is 1. The van der Waals surface area contributed by atoms with E-state index in [1.807, 2.05) is 36.9 Å². The summed E-state index contributed by atoms with van der Waals surface area (Å²) in [5, 5.41) is 3.92. The van der Waals surface area contributed by atoms with Gasteiger partial charge in [-0.25, -0.2) is 4.98 Å². The monoisotopic (exact) mass is 274 g/mol. The van der Waals surface area contributed by atoms with Gasteiger partial charge in [0.2, 0.25) is 5.43 Å². The first kappa shape index (κ1) is 14.5. The average molecular weight is 274 g/mol. The molecule has 20 heavy (non-hydrogen) atoms. The van der Waals surface area contributed by atoms with Crippen LogP contribution >= 0.6 is 0 Å². The van der Waals surface area contributed by atoms with Gasteiger partial charge in [0, 0.05) is 25.0 Å². The van der Waals surface area contributed by atoms with Gasteiger partial charge in [0.25, 0.3) is 0 Å². The fourth-order valence-electron chi connectivity index (χ4n) is 2.31. The topological polar surface area (TPSA) is 72.9 Å². The molecule has 0 bridgehead atoms. The Morgan fingerprint density at radius 1 is 1.45 bits per heavy atom. The highest BCUT2D eigenvalue weighted by Gasteiger charge is 2.10. The minimum absolute atomic E-state index is 0.00481. The van der Waals surface area contributed by atoms with E-state index in [0.717, 1.165) is 24.2 Å². The normalized spacial score (nSPS) is 12.6. The van der Waals surface area contributed by atoms with Gasteiger partial charge in [0.15, 0.2) is 0 Å². The third kappa shape index (κ3) is 2.99. The zero-order chi connectivity index (χ0) is 14.7. The molecule has 1 unspecified atom stereocenters. The van der Waals surface area contributed by atoms with Crippen LogP contribution in [0.1, 0.15) is 25.5 Å². The summed E-state index contributed by atoms with van der Waals surface area (Å²) in [6.45, 7) is 4.66. The SMILES string of the molecule is Cc1ccc2c(=O)c(NC(C)CCCN)cn(C)c2n1. The molecular formula is C15H22N4O. The summed E-state index contributed by atoms with van der Waals surface area (Å²) in [5.74, 6) is 0. The molecule has 2 aromatic rings. The van der Waals surface area contributed by atoms with E-state index in [9.17, 15) is 4.79 Å². The van der Waals surface area contributed by atoms with Crippen LogP contribution < -0.4 is 16.5 Å². The molecule has 0 amide bonds. The van der Waals surface area contributed by atoms with Gasteiger partial charge in [-0.2, -0.15) is 0 Å². The molecule has 1 atom stereocenters. The molecular weight excluding hydrogens is 252 g/mol. The molecule has 2 heterocycles. The summed E-state index contributed by atoms with van der Waals surface area (Å²) in [7, 11) is 1.91. The molecule has 0 aliphatic carbocycles. The summed E-state index contributed by atoms with van der Waals surface area (Å²) in [5.41, 5.74) is 7.76. The molecule has 2 aromatic heterocycles. The summed E-state index contributed by atoms with van der Waals surface area (Å²) < 4.78 is 1.89. The Morgan fingerprint density at radius 3 is 2.90 bits per heavy atom. The average Bonchev–Trinajstić information content (AvgIpc) is 2.42. The van der Waals surface area contributed by atoms with Gasteiger partial charge in [-0.1, -0.05) is 0 Å². The zero-order valence-corrected chi connectivity index (χ0v) is 12.3. The molecule has 0 aliphatic heterocycles. The van der Waals surface area contributed by atoms with Gasteiger partial charge in [-0.05, 0) is 45.4 Å². The Kier molecular flexibility index (Phi) is 4.39. The lowest BCUT2D eigenvalue weighted by molar-refractivity contribution is 0.662. The van der Waals surface area contributed by atoms with Gasteiger partial charge in [-0.15, -0.1) is 0 Å². The number of nitrogens with zero attached hydrogens (tertiary/aromatic N) is 2. The maximum atomic E-state index is 12.5. The lowest BCUT2D eigenvalue weighted by Gasteiger charge is -2.16. The van der Waals surface area contributed by atoms with Gasteiger partial charge in [0.1, 0.15) is 5.65 Å². The predicted octanol–water partition coefficient (Wildman–Crippen LogP) is 1.78. The van der Waals surface area contributed by atoms with Crippen molar-refractivity contribution >= 4 is 16.7 Å². The van der Waals surface area contributed by atoms with Crippen molar-refractivity contribution in [2.45, 2.75) is 32.7 Å². The summed E-state index contributed by atoms with van der Waals surface area (Å²) >= 11 is 0. The van der Waals surface area contributed by atoms with Crippen LogP contribution in [0.2, 0.25) is 0 Å². The van der Waals surface area contributed by atoms with Crippen LogP contribution in [0, 0.1) is 6.92 Å². The van der Waals surface area contributed by atoms with Crippen molar-refractivity contribution < 1.29 is 0 Å². The Balaban J connectivity index is 2.38. The number of rotatable bonds is 5. The molecule has 2 rings (SSSR count). The maximum absolute atomic E-state index is 12.5. The minimum atomic E-state index is 0.00481. The van der Waals surface area contributed by atoms with E-state index in [1.54, 1.807) is 0 Å². The molecule has 0 aliphatic rings. The van der Waals surface area contributed by atoms with Crippen molar-refractivity contribution in [1.82, 2.24) is 9.55 Å².